The quantitative estimate of drug-likeness (QED) is 0.854. The van der Waals surface area contributed by atoms with Crippen LogP contribution >= 0.6 is 23.1 Å². The van der Waals surface area contributed by atoms with Crippen LogP contribution in [0.4, 0.5) is 0 Å². The van der Waals surface area contributed by atoms with Gasteiger partial charge in [-0.05, 0) is 49.6 Å². The van der Waals surface area contributed by atoms with Gasteiger partial charge in [-0.1, -0.05) is 17.8 Å². The maximum Gasteiger partial charge on any atom is 0.233 e. The molecule has 21 heavy (non-hydrogen) atoms. The van der Waals surface area contributed by atoms with Gasteiger partial charge in [0, 0.05) is 4.88 Å². The fourth-order valence-corrected chi connectivity index (χ4v) is 3.26. The summed E-state index contributed by atoms with van der Waals surface area (Å²) >= 11 is 3.00. The zero-order valence-corrected chi connectivity index (χ0v) is 14.2. The Morgan fingerprint density at radius 3 is 2.90 bits per heavy atom. The molecule has 0 spiro atoms. The van der Waals surface area contributed by atoms with E-state index >= 15 is 0 Å². The van der Waals surface area contributed by atoms with Gasteiger partial charge in [0.2, 0.25) is 11.1 Å². The number of nitrogens with zero attached hydrogens (tertiary/aromatic N) is 4. The Balaban J connectivity index is 1.93. The van der Waals surface area contributed by atoms with E-state index < -0.39 is 0 Å². The lowest BCUT2D eigenvalue weighted by molar-refractivity contribution is -0.120. The number of tetrazole rings is 1. The number of carbonyl (C=O) groups excluding carboxylic acids is 1. The predicted octanol–water partition coefficient (Wildman–Crippen LogP) is 2.29. The highest BCUT2D eigenvalue weighted by molar-refractivity contribution is 8.00. The second kappa shape index (κ2) is 6.57. The molecule has 0 aliphatic rings. The van der Waals surface area contributed by atoms with Crippen molar-refractivity contribution >= 4 is 29.0 Å². The van der Waals surface area contributed by atoms with Crippen LogP contribution in [0.25, 0.3) is 0 Å². The lowest BCUT2D eigenvalue weighted by Crippen LogP contribution is -2.31. The molecule has 0 aliphatic heterocycles. The summed E-state index contributed by atoms with van der Waals surface area (Å²) in [7, 11) is 0. The molecule has 2 aromatic heterocycles. The van der Waals surface area contributed by atoms with Crippen molar-refractivity contribution in [2.45, 2.75) is 50.2 Å². The van der Waals surface area contributed by atoms with Crippen molar-refractivity contribution in [3.63, 3.8) is 0 Å². The molecule has 0 aromatic carbocycles. The fourth-order valence-electron chi connectivity index (χ4n) is 1.62. The van der Waals surface area contributed by atoms with E-state index in [1.807, 2.05) is 45.2 Å². The van der Waals surface area contributed by atoms with Gasteiger partial charge in [-0.15, -0.1) is 16.4 Å². The smallest absolute Gasteiger partial charge is 0.233 e. The summed E-state index contributed by atoms with van der Waals surface area (Å²) in [5.74, 6) is -0.0168. The van der Waals surface area contributed by atoms with Crippen molar-refractivity contribution in [3.8, 4) is 0 Å². The number of rotatable bonds is 5. The number of hydrogen-bond acceptors (Lipinski definition) is 6. The van der Waals surface area contributed by atoms with Gasteiger partial charge >= 0.3 is 0 Å². The first kappa shape index (κ1) is 16.0. The van der Waals surface area contributed by atoms with E-state index in [4.69, 9.17) is 0 Å². The van der Waals surface area contributed by atoms with Crippen molar-refractivity contribution in [2.75, 3.05) is 0 Å². The fraction of sp³-hybridized carbons (Fsp3) is 0.538. The molecule has 2 rings (SSSR count). The number of hydrogen-bond donors (Lipinski definition) is 1. The lowest BCUT2D eigenvalue weighted by atomic mass is 10.1. The molecule has 0 radical (unpaired) electrons. The first-order chi connectivity index (χ1) is 9.88. The minimum absolute atomic E-state index is 0.0168. The molecule has 2 aromatic rings. The van der Waals surface area contributed by atoms with Gasteiger partial charge in [0.1, 0.15) is 0 Å². The Labute approximate surface area is 132 Å². The number of nitrogens with one attached hydrogen (secondary N) is 1. The van der Waals surface area contributed by atoms with E-state index in [-0.39, 0.29) is 16.7 Å². The van der Waals surface area contributed by atoms with Gasteiger partial charge < -0.3 is 5.32 Å². The summed E-state index contributed by atoms with van der Waals surface area (Å²) in [4.78, 5) is 13.3. The van der Waals surface area contributed by atoms with Gasteiger partial charge in [0.25, 0.3) is 0 Å². The van der Waals surface area contributed by atoms with Gasteiger partial charge in [0.05, 0.1) is 17.3 Å². The van der Waals surface area contributed by atoms with Crippen molar-refractivity contribution in [2.24, 2.45) is 0 Å². The normalized spacial score (nSPS) is 13.1. The van der Waals surface area contributed by atoms with Crippen molar-refractivity contribution in [1.29, 1.82) is 0 Å². The third-order valence-corrected chi connectivity index (χ3v) is 4.65. The molecular weight excluding hydrogens is 306 g/mol. The lowest BCUT2D eigenvalue weighted by Gasteiger charge is -2.20. The molecule has 0 saturated carbocycles. The molecule has 1 amide bonds. The van der Waals surface area contributed by atoms with E-state index in [2.05, 4.69) is 20.8 Å². The molecule has 0 saturated heterocycles. The average Bonchev–Trinajstić information content (AvgIpc) is 3.05. The van der Waals surface area contributed by atoms with E-state index in [0.29, 0.717) is 11.7 Å². The topological polar surface area (TPSA) is 72.7 Å². The van der Waals surface area contributed by atoms with Gasteiger partial charge in [0.15, 0.2) is 0 Å². The SMILES string of the molecule is CC(Sc1nnnn1C(C)(C)C)C(=O)NCc1cccs1. The van der Waals surface area contributed by atoms with E-state index in [0.717, 1.165) is 4.88 Å². The highest BCUT2D eigenvalue weighted by atomic mass is 32.2. The van der Waals surface area contributed by atoms with Gasteiger partial charge in [-0.3, -0.25) is 4.79 Å². The standard InChI is InChI=1S/C13H19N5OS2/c1-9(11(19)14-8-10-6-5-7-20-10)21-12-15-16-17-18(12)13(2,3)4/h5-7,9H,8H2,1-4H3,(H,14,19). The molecule has 1 N–H and O–H groups in total. The zero-order chi connectivity index (χ0) is 15.5. The van der Waals surface area contributed by atoms with Gasteiger partial charge in [-0.2, -0.15) is 0 Å². The number of thiophene rings is 1. The maximum absolute atomic E-state index is 12.1. The second-order valence-corrected chi connectivity index (χ2v) is 7.94. The number of thioether (sulfide) groups is 1. The summed E-state index contributed by atoms with van der Waals surface area (Å²) in [5.41, 5.74) is -0.209. The van der Waals surface area contributed by atoms with Crippen molar-refractivity contribution in [1.82, 2.24) is 25.5 Å². The summed E-state index contributed by atoms with van der Waals surface area (Å²) in [6, 6.07) is 3.98. The molecule has 2 heterocycles. The zero-order valence-electron chi connectivity index (χ0n) is 12.5. The molecule has 8 heteroatoms. The number of aromatic nitrogens is 4. The maximum atomic E-state index is 12.1. The summed E-state index contributed by atoms with van der Waals surface area (Å²) < 4.78 is 1.74. The minimum Gasteiger partial charge on any atom is -0.350 e. The molecule has 1 unspecified atom stereocenters. The van der Waals surface area contributed by atoms with Crippen LogP contribution in [0.15, 0.2) is 22.7 Å². The van der Waals surface area contributed by atoms with Crippen LogP contribution < -0.4 is 5.32 Å². The molecule has 0 bridgehead atoms. The number of carbonyl (C=O) groups is 1. The highest BCUT2D eigenvalue weighted by Crippen LogP contribution is 2.25. The van der Waals surface area contributed by atoms with E-state index in [1.54, 1.807) is 16.0 Å². The molecule has 0 fully saturated rings. The Hall–Kier alpha value is -1.41. The third kappa shape index (κ3) is 4.28. The van der Waals surface area contributed by atoms with E-state index in [9.17, 15) is 4.79 Å². The van der Waals surface area contributed by atoms with Crippen LogP contribution in [0.1, 0.15) is 32.6 Å². The average molecular weight is 325 g/mol. The minimum atomic E-state index is -0.253. The van der Waals surface area contributed by atoms with Crippen LogP contribution in [-0.2, 0) is 16.9 Å². The summed E-state index contributed by atoms with van der Waals surface area (Å²) in [5, 5.41) is 17.0. The predicted molar refractivity (Wildman–Crippen MR) is 84.3 cm³/mol. The molecule has 114 valence electrons. The first-order valence-corrected chi connectivity index (χ1v) is 8.39. The van der Waals surface area contributed by atoms with Crippen LogP contribution in [-0.4, -0.2) is 31.4 Å². The first-order valence-electron chi connectivity index (χ1n) is 6.63. The van der Waals surface area contributed by atoms with Crippen molar-refractivity contribution < 1.29 is 4.79 Å². The second-order valence-electron chi connectivity index (χ2n) is 5.60. The third-order valence-electron chi connectivity index (χ3n) is 2.74. The Morgan fingerprint density at radius 1 is 1.52 bits per heavy atom. The summed E-state index contributed by atoms with van der Waals surface area (Å²) in [6.45, 7) is 8.49. The molecule has 0 aliphatic carbocycles. The van der Waals surface area contributed by atoms with Crippen molar-refractivity contribution in [3.05, 3.63) is 22.4 Å². The van der Waals surface area contributed by atoms with Gasteiger partial charge in [-0.25, -0.2) is 4.68 Å². The van der Waals surface area contributed by atoms with E-state index in [1.165, 1.54) is 11.8 Å². The summed E-state index contributed by atoms with van der Waals surface area (Å²) in [6.07, 6.45) is 0. The Bertz CT molecular complexity index is 588. The highest BCUT2D eigenvalue weighted by Gasteiger charge is 2.23. The van der Waals surface area contributed by atoms with Crippen LogP contribution in [0.3, 0.4) is 0 Å². The molecular formula is C13H19N5OS2. The molecule has 1 atom stereocenters. The Kier molecular flexibility index (Phi) is 5.00. The largest absolute Gasteiger partial charge is 0.350 e. The van der Waals surface area contributed by atoms with Crippen LogP contribution in [0.5, 0.6) is 0 Å². The molecule has 6 nitrogen and oxygen atoms in total. The van der Waals surface area contributed by atoms with Crippen LogP contribution in [0.2, 0.25) is 0 Å². The Morgan fingerprint density at radius 2 is 2.29 bits per heavy atom. The number of amides is 1. The van der Waals surface area contributed by atoms with Crippen LogP contribution in [0, 0.1) is 0 Å². The monoisotopic (exact) mass is 325 g/mol.